The minimum absolute atomic E-state index is 0.107. The molecule has 2 aromatic carbocycles. The van der Waals surface area contributed by atoms with Crippen LogP contribution in [0.4, 0.5) is 17.2 Å². The highest BCUT2D eigenvalue weighted by Gasteiger charge is 2.14. The summed E-state index contributed by atoms with van der Waals surface area (Å²) in [6.45, 7) is 1.48. The van der Waals surface area contributed by atoms with Crippen LogP contribution in [0.25, 0.3) is 16.9 Å². The quantitative estimate of drug-likeness (QED) is 0.538. The first-order valence-electron chi connectivity index (χ1n) is 8.33. The molecule has 6 nitrogen and oxygen atoms in total. The Labute approximate surface area is 160 Å². The molecule has 0 atom stereocenters. The predicted molar refractivity (Wildman–Crippen MR) is 107 cm³/mol. The maximum atomic E-state index is 11.2. The molecule has 7 heteroatoms. The molecule has 0 fully saturated rings. The molecular formula is C20H16ClN5O. The molecule has 0 unspecified atom stereocenters. The van der Waals surface area contributed by atoms with Gasteiger partial charge in [-0.25, -0.2) is 4.98 Å². The first-order chi connectivity index (χ1) is 13.1. The van der Waals surface area contributed by atoms with Gasteiger partial charge in [-0.15, -0.1) is 0 Å². The Hall–Kier alpha value is -3.38. The molecule has 4 aromatic rings. The summed E-state index contributed by atoms with van der Waals surface area (Å²) < 4.78 is 1.94. The fourth-order valence-corrected chi connectivity index (χ4v) is 3.04. The van der Waals surface area contributed by atoms with E-state index in [0.717, 1.165) is 34.1 Å². The second-order valence-electron chi connectivity index (χ2n) is 6.01. The molecule has 0 saturated heterocycles. The maximum Gasteiger partial charge on any atom is 0.221 e. The lowest BCUT2D eigenvalue weighted by atomic mass is 10.1. The number of imidazole rings is 1. The van der Waals surface area contributed by atoms with Gasteiger partial charge < -0.3 is 10.6 Å². The third kappa shape index (κ3) is 3.61. The largest absolute Gasteiger partial charge is 0.339 e. The number of aromatic nitrogens is 3. The van der Waals surface area contributed by atoms with Gasteiger partial charge in [0.15, 0.2) is 5.65 Å². The number of nitrogens with zero attached hydrogens (tertiary/aromatic N) is 3. The molecule has 2 N–H and O–H groups in total. The zero-order chi connectivity index (χ0) is 18.8. The van der Waals surface area contributed by atoms with Crippen molar-refractivity contribution >= 4 is 40.3 Å². The van der Waals surface area contributed by atoms with Crippen molar-refractivity contribution < 1.29 is 4.79 Å². The van der Waals surface area contributed by atoms with Gasteiger partial charge in [-0.3, -0.25) is 14.2 Å². The summed E-state index contributed by atoms with van der Waals surface area (Å²) >= 11 is 6.11. The number of hydrogen-bond acceptors (Lipinski definition) is 4. The minimum atomic E-state index is -0.107. The van der Waals surface area contributed by atoms with Crippen LogP contribution in [0.2, 0.25) is 5.02 Å². The van der Waals surface area contributed by atoms with Gasteiger partial charge in [0.1, 0.15) is 11.5 Å². The summed E-state index contributed by atoms with van der Waals surface area (Å²) in [4.78, 5) is 20.1. The first-order valence-corrected chi connectivity index (χ1v) is 8.70. The summed E-state index contributed by atoms with van der Waals surface area (Å²) in [6.07, 6.45) is 5.27. The zero-order valence-corrected chi connectivity index (χ0v) is 15.2. The number of halogens is 1. The molecule has 27 heavy (non-hydrogen) atoms. The van der Waals surface area contributed by atoms with E-state index in [1.807, 2.05) is 59.1 Å². The van der Waals surface area contributed by atoms with E-state index in [-0.39, 0.29) is 5.91 Å². The molecule has 0 aliphatic carbocycles. The number of hydrogen-bond donors (Lipinski definition) is 2. The fourth-order valence-electron chi connectivity index (χ4n) is 2.85. The highest BCUT2D eigenvalue weighted by Crippen LogP contribution is 2.32. The molecule has 4 rings (SSSR count). The highest BCUT2D eigenvalue weighted by atomic mass is 35.5. The Kier molecular flexibility index (Phi) is 4.48. The lowest BCUT2D eigenvalue weighted by molar-refractivity contribution is -0.114. The van der Waals surface area contributed by atoms with E-state index in [0.29, 0.717) is 5.02 Å². The van der Waals surface area contributed by atoms with Crippen LogP contribution in [-0.2, 0) is 4.79 Å². The second kappa shape index (κ2) is 7.09. The molecule has 0 aliphatic rings. The van der Waals surface area contributed by atoms with Crippen molar-refractivity contribution in [1.29, 1.82) is 0 Å². The van der Waals surface area contributed by atoms with Gasteiger partial charge in [-0.05, 0) is 30.3 Å². The van der Waals surface area contributed by atoms with Crippen LogP contribution in [-0.4, -0.2) is 20.3 Å². The summed E-state index contributed by atoms with van der Waals surface area (Å²) in [5.41, 5.74) is 4.01. The average Bonchev–Trinajstić information content (AvgIpc) is 3.01. The van der Waals surface area contributed by atoms with Crippen LogP contribution in [0.15, 0.2) is 67.1 Å². The van der Waals surface area contributed by atoms with E-state index in [1.165, 1.54) is 6.92 Å². The van der Waals surface area contributed by atoms with E-state index in [2.05, 4.69) is 15.6 Å². The predicted octanol–water partition coefficient (Wildman–Crippen LogP) is 4.75. The molecule has 134 valence electrons. The topological polar surface area (TPSA) is 71.3 Å². The molecule has 2 heterocycles. The van der Waals surface area contributed by atoms with Crippen LogP contribution in [0.3, 0.4) is 0 Å². The van der Waals surface area contributed by atoms with Crippen molar-refractivity contribution in [2.75, 3.05) is 10.6 Å². The zero-order valence-electron chi connectivity index (χ0n) is 14.5. The normalized spacial score (nSPS) is 10.7. The number of carbonyl (C=O) groups excluding carboxylic acids is 1. The number of fused-ring (bicyclic) bond motifs is 1. The maximum absolute atomic E-state index is 11.2. The van der Waals surface area contributed by atoms with Crippen LogP contribution in [0.1, 0.15) is 6.92 Å². The molecular weight excluding hydrogens is 362 g/mol. The van der Waals surface area contributed by atoms with Crippen molar-refractivity contribution in [3.63, 3.8) is 0 Å². The standard InChI is InChI=1S/C20H16ClN5O/c1-13(27)23-16-7-5-14(6-8-16)19-20(24-17-4-2-3-15(21)11-17)26-10-9-22-12-18(26)25-19/h2-12,24H,1H3,(H,23,27). The molecule has 0 spiro atoms. The van der Waals surface area contributed by atoms with Crippen molar-refractivity contribution in [2.45, 2.75) is 6.92 Å². The first kappa shape index (κ1) is 17.1. The Morgan fingerprint density at radius 3 is 2.67 bits per heavy atom. The molecule has 1 amide bonds. The van der Waals surface area contributed by atoms with Crippen molar-refractivity contribution in [3.8, 4) is 11.3 Å². The number of nitrogens with one attached hydrogen (secondary N) is 2. The summed E-state index contributed by atoms with van der Waals surface area (Å²) in [7, 11) is 0. The van der Waals surface area contributed by atoms with Crippen LogP contribution < -0.4 is 10.6 Å². The molecule has 0 aliphatic heterocycles. The van der Waals surface area contributed by atoms with E-state index in [9.17, 15) is 4.79 Å². The Balaban J connectivity index is 1.79. The van der Waals surface area contributed by atoms with Gasteiger partial charge in [0.05, 0.1) is 6.20 Å². The monoisotopic (exact) mass is 377 g/mol. The Morgan fingerprint density at radius 2 is 1.93 bits per heavy atom. The van der Waals surface area contributed by atoms with Crippen molar-refractivity contribution in [3.05, 3.63) is 72.1 Å². The lowest BCUT2D eigenvalue weighted by Gasteiger charge is -2.10. The van der Waals surface area contributed by atoms with Gasteiger partial charge in [-0.2, -0.15) is 0 Å². The van der Waals surface area contributed by atoms with Crippen LogP contribution in [0, 0.1) is 0 Å². The van der Waals surface area contributed by atoms with Gasteiger partial charge in [-0.1, -0.05) is 29.8 Å². The molecule has 0 saturated carbocycles. The van der Waals surface area contributed by atoms with Gasteiger partial charge in [0.2, 0.25) is 5.91 Å². The van der Waals surface area contributed by atoms with E-state index >= 15 is 0 Å². The number of anilines is 3. The smallest absolute Gasteiger partial charge is 0.221 e. The van der Waals surface area contributed by atoms with E-state index in [4.69, 9.17) is 16.6 Å². The average molecular weight is 378 g/mol. The summed E-state index contributed by atoms with van der Waals surface area (Å²) in [5, 5.41) is 6.82. The summed E-state index contributed by atoms with van der Waals surface area (Å²) in [5.74, 6) is 0.701. The van der Waals surface area contributed by atoms with Crippen molar-refractivity contribution in [2.24, 2.45) is 0 Å². The minimum Gasteiger partial charge on any atom is -0.339 e. The molecule has 2 aromatic heterocycles. The Morgan fingerprint density at radius 1 is 1.11 bits per heavy atom. The van der Waals surface area contributed by atoms with Gasteiger partial charge in [0.25, 0.3) is 0 Å². The number of rotatable bonds is 4. The SMILES string of the molecule is CC(=O)Nc1ccc(-c2nc3cnccn3c2Nc2cccc(Cl)c2)cc1. The van der Waals surface area contributed by atoms with Crippen LogP contribution in [0.5, 0.6) is 0 Å². The van der Waals surface area contributed by atoms with E-state index < -0.39 is 0 Å². The van der Waals surface area contributed by atoms with Gasteiger partial charge in [0, 0.05) is 41.3 Å². The van der Waals surface area contributed by atoms with Gasteiger partial charge >= 0.3 is 0 Å². The molecule has 0 radical (unpaired) electrons. The third-order valence-electron chi connectivity index (χ3n) is 4.00. The summed E-state index contributed by atoms with van der Waals surface area (Å²) in [6, 6.07) is 15.0. The highest BCUT2D eigenvalue weighted by molar-refractivity contribution is 6.30. The van der Waals surface area contributed by atoms with E-state index in [1.54, 1.807) is 12.4 Å². The second-order valence-corrected chi connectivity index (χ2v) is 6.44. The van der Waals surface area contributed by atoms with Crippen LogP contribution >= 0.6 is 11.6 Å². The number of benzene rings is 2. The number of carbonyl (C=O) groups is 1. The molecule has 0 bridgehead atoms. The lowest BCUT2D eigenvalue weighted by Crippen LogP contribution is -2.05. The van der Waals surface area contributed by atoms with Crippen molar-refractivity contribution in [1.82, 2.24) is 14.4 Å². The Bertz CT molecular complexity index is 1120. The fraction of sp³-hybridized carbons (Fsp3) is 0.0500. The number of amides is 1. The third-order valence-corrected chi connectivity index (χ3v) is 4.23.